The van der Waals surface area contributed by atoms with Crippen molar-refractivity contribution in [3.8, 4) is 0 Å². The summed E-state index contributed by atoms with van der Waals surface area (Å²) in [5.41, 5.74) is 1.46. The molecule has 0 saturated carbocycles. The van der Waals surface area contributed by atoms with E-state index in [1.165, 1.54) is 13.1 Å². The molecule has 9 nitrogen and oxygen atoms in total. The number of aromatic nitrogens is 1. The lowest BCUT2D eigenvalue weighted by Gasteiger charge is -2.33. The molecule has 9 heteroatoms. The summed E-state index contributed by atoms with van der Waals surface area (Å²) in [6.07, 6.45) is 0.910. The second-order valence-electron chi connectivity index (χ2n) is 7.60. The minimum absolute atomic E-state index is 0.0312. The number of H-pyrrole nitrogens is 1. The fraction of sp³-hybridized carbons (Fsp3) is 0.429. The maximum Gasteiger partial charge on any atom is 0.405 e. The minimum atomic E-state index is -1.23. The first-order valence-corrected chi connectivity index (χ1v) is 9.96. The van der Waals surface area contributed by atoms with Crippen LogP contribution in [0, 0.1) is 5.92 Å². The number of nitrogens with one attached hydrogen (secondary N) is 3. The van der Waals surface area contributed by atoms with Gasteiger partial charge in [0.2, 0.25) is 17.4 Å². The van der Waals surface area contributed by atoms with Crippen LogP contribution < -0.4 is 16.2 Å². The third kappa shape index (κ3) is 5.37. The van der Waals surface area contributed by atoms with Crippen LogP contribution in [0.15, 0.2) is 35.1 Å². The van der Waals surface area contributed by atoms with Crippen molar-refractivity contribution in [1.29, 1.82) is 0 Å². The molecule has 4 N–H and O–H groups in total. The molecule has 1 unspecified atom stereocenters. The number of carbonyl (C=O) groups is 3. The highest BCUT2D eigenvalue weighted by Gasteiger charge is 2.28. The van der Waals surface area contributed by atoms with Gasteiger partial charge in [-0.05, 0) is 54.3 Å². The highest BCUT2D eigenvalue weighted by Crippen LogP contribution is 2.23. The maximum atomic E-state index is 12.7. The van der Waals surface area contributed by atoms with Crippen molar-refractivity contribution in [1.82, 2.24) is 20.5 Å². The van der Waals surface area contributed by atoms with Crippen molar-refractivity contribution in [3.63, 3.8) is 0 Å². The molecule has 3 amide bonds. The quantitative estimate of drug-likeness (QED) is 0.562. The molecule has 0 spiro atoms. The SMILES string of the molecule is CNC(=O)C(CC1CCN(C(=O)Cc2ccc3[nH]c(=O)ccc3c2)CC1)NC(=O)O. The number of likely N-dealkylation sites (N-methyl/N-ethyl adjacent to an activating group) is 1. The molecule has 3 rings (SSSR count). The van der Waals surface area contributed by atoms with Crippen LogP contribution in [0.5, 0.6) is 0 Å². The molecule has 1 saturated heterocycles. The normalized spacial score (nSPS) is 15.6. The molecule has 1 atom stereocenters. The third-order valence-electron chi connectivity index (χ3n) is 5.54. The van der Waals surface area contributed by atoms with Crippen molar-refractivity contribution in [2.24, 2.45) is 5.92 Å². The summed E-state index contributed by atoms with van der Waals surface area (Å²) < 4.78 is 0. The van der Waals surface area contributed by atoms with E-state index in [-0.39, 0.29) is 29.7 Å². The number of pyridine rings is 1. The third-order valence-corrected chi connectivity index (χ3v) is 5.54. The van der Waals surface area contributed by atoms with Crippen molar-refractivity contribution in [3.05, 3.63) is 46.2 Å². The zero-order chi connectivity index (χ0) is 21.7. The molecule has 2 aromatic rings. The van der Waals surface area contributed by atoms with Gasteiger partial charge in [0.15, 0.2) is 0 Å². The zero-order valence-corrected chi connectivity index (χ0v) is 16.8. The first-order chi connectivity index (χ1) is 14.4. The number of rotatable bonds is 6. The Morgan fingerprint density at radius 3 is 2.60 bits per heavy atom. The topological polar surface area (TPSA) is 132 Å². The molecule has 160 valence electrons. The molecule has 0 radical (unpaired) electrons. The van der Waals surface area contributed by atoms with Crippen molar-refractivity contribution in [2.75, 3.05) is 20.1 Å². The molecule has 1 aromatic carbocycles. The summed E-state index contributed by atoms with van der Waals surface area (Å²) >= 11 is 0. The number of hydrogen-bond donors (Lipinski definition) is 4. The van der Waals surface area contributed by atoms with E-state index in [0.29, 0.717) is 19.5 Å². The largest absolute Gasteiger partial charge is 0.465 e. The standard InChI is InChI=1S/C21H26N4O5/c1-22-20(28)17(24-21(29)30)11-13-6-8-25(9-7-13)19(27)12-14-2-4-16-15(10-14)3-5-18(26)23-16/h2-5,10,13,17,24H,6-9,11-12H2,1H3,(H,22,28)(H,23,26)(H,29,30). The van der Waals surface area contributed by atoms with Gasteiger partial charge < -0.3 is 25.6 Å². The Balaban J connectivity index is 1.54. The minimum Gasteiger partial charge on any atom is -0.465 e. The Morgan fingerprint density at radius 2 is 1.93 bits per heavy atom. The van der Waals surface area contributed by atoms with Crippen LogP contribution in [0.4, 0.5) is 4.79 Å². The number of hydrogen-bond acceptors (Lipinski definition) is 4. The molecule has 0 bridgehead atoms. The number of carboxylic acid groups (broad SMARTS) is 1. The number of nitrogens with zero attached hydrogens (tertiary/aromatic N) is 1. The van der Waals surface area contributed by atoms with E-state index in [1.54, 1.807) is 12.1 Å². The van der Waals surface area contributed by atoms with E-state index < -0.39 is 12.1 Å². The molecule has 1 aromatic heterocycles. The summed E-state index contributed by atoms with van der Waals surface area (Å²) in [4.78, 5) is 51.5. The fourth-order valence-electron chi connectivity index (χ4n) is 3.91. The Kier molecular flexibility index (Phi) is 6.71. The van der Waals surface area contributed by atoms with Gasteiger partial charge >= 0.3 is 6.09 Å². The molecule has 0 aliphatic carbocycles. The zero-order valence-electron chi connectivity index (χ0n) is 16.8. The Morgan fingerprint density at radius 1 is 1.20 bits per heavy atom. The number of amides is 3. The van der Waals surface area contributed by atoms with E-state index in [0.717, 1.165) is 29.3 Å². The highest BCUT2D eigenvalue weighted by atomic mass is 16.4. The van der Waals surface area contributed by atoms with Crippen LogP contribution in [0.3, 0.4) is 0 Å². The van der Waals surface area contributed by atoms with Crippen LogP contribution in [0.25, 0.3) is 10.9 Å². The van der Waals surface area contributed by atoms with Gasteiger partial charge in [0.1, 0.15) is 6.04 Å². The predicted octanol–water partition coefficient (Wildman–Crippen LogP) is 1.08. The van der Waals surface area contributed by atoms with E-state index in [4.69, 9.17) is 5.11 Å². The Hall–Kier alpha value is -3.36. The molecular formula is C21H26N4O5. The number of piperidine rings is 1. The average Bonchev–Trinajstić information content (AvgIpc) is 2.73. The summed E-state index contributed by atoms with van der Waals surface area (Å²) in [6, 6.07) is 7.96. The van der Waals surface area contributed by atoms with Crippen LogP contribution in [0.2, 0.25) is 0 Å². The Labute approximate surface area is 173 Å². The van der Waals surface area contributed by atoms with Gasteiger partial charge in [0.05, 0.1) is 6.42 Å². The van der Waals surface area contributed by atoms with Crippen molar-refractivity contribution >= 4 is 28.8 Å². The highest BCUT2D eigenvalue weighted by molar-refractivity contribution is 5.85. The monoisotopic (exact) mass is 414 g/mol. The summed E-state index contributed by atoms with van der Waals surface area (Å²) in [6.45, 7) is 1.16. The number of likely N-dealkylation sites (tertiary alicyclic amines) is 1. The first kappa shape index (κ1) is 21.4. The predicted molar refractivity (Wildman–Crippen MR) is 111 cm³/mol. The average molecular weight is 414 g/mol. The molecular weight excluding hydrogens is 388 g/mol. The van der Waals surface area contributed by atoms with Gasteiger partial charge in [-0.15, -0.1) is 0 Å². The molecule has 1 aliphatic heterocycles. The smallest absolute Gasteiger partial charge is 0.405 e. The Bertz CT molecular complexity index is 994. The molecule has 1 fully saturated rings. The van der Waals surface area contributed by atoms with Gasteiger partial charge in [-0.1, -0.05) is 6.07 Å². The second kappa shape index (κ2) is 9.43. The molecule has 1 aliphatic rings. The summed E-state index contributed by atoms with van der Waals surface area (Å²) in [5.74, 6) is -0.155. The van der Waals surface area contributed by atoms with Crippen molar-refractivity contribution < 1.29 is 19.5 Å². The lowest BCUT2D eigenvalue weighted by molar-refractivity contribution is -0.132. The molecule has 30 heavy (non-hydrogen) atoms. The van der Waals surface area contributed by atoms with Gasteiger partial charge in [-0.3, -0.25) is 14.4 Å². The lowest BCUT2D eigenvalue weighted by atomic mass is 9.89. The van der Waals surface area contributed by atoms with Crippen LogP contribution >= 0.6 is 0 Å². The molecule has 2 heterocycles. The number of benzene rings is 1. The fourth-order valence-corrected chi connectivity index (χ4v) is 3.91. The van der Waals surface area contributed by atoms with E-state index in [2.05, 4.69) is 15.6 Å². The van der Waals surface area contributed by atoms with Crippen LogP contribution in [-0.2, 0) is 16.0 Å². The van der Waals surface area contributed by atoms with Gasteiger partial charge in [0.25, 0.3) is 0 Å². The lowest BCUT2D eigenvalue weighted by Crippen LogP contribution is -2.47. The van der Waals surface area contributed by atoms with E-state index in [9.17, 15) is 19.2 Å². The van der Waals surface area contributed by atoms with Crippen LogP contribution in [0.1, 0.15) is 24.8 Å². The second-order valence-corrected chi connectivity index (χ2v) is 7.60. The maximum absolute atomic E-state index is 12.7. The number of fused-ring (bicyclic) bond motifs is 1. The summed E-state index contributed by atoms with van der Waals surface area (Å²) in [5, 5.41) is 14.6. The van der Waals surface area contributed by atoms with Gasteiger partial charge in [-0.25, -0.2) is 4.79 Å². The van der Waals surface area contributed by atoms with E-state index in [1.807, 2.05) is 17.0 Å². The van der Waals surface area contributed by atoms with Crippen LogP contribution in [-0.4, -0.2) is 59.1 Å². The van der Waals surface area contributed by atoms with Crippen molar-refractivity contribution in [2.45, 2.75) is 31.7 Å². The van der Waals surface area contributed by atoms with Gasteiger partial charge in [-0.2, -0.15) is 0 Å². The number of carbonyl (C=O) groups excluding carboxylic acids is 2. The summed E-state index contributed by atoms with van der Waals surface area (Å²) in [7, 11) is 1.48. The first-order valence-electron chi connectivity index (χ1n) is 9.96. The number of aromatic amines is 1. The van der Waals surface area contributed by atoms with Gasteiger partial charge in [0, 0.05) is 31.7 Å². The van der Waals surface area contributed by atoms with E-state index >= 15 is 0 Å².